The number of hydrogen-bond donors (Lipinski definition) is 1. The fourth-order valence-electron chi connectivity index (χ4n) is 1.70. The lowest BCUT2D eigenvalue weighted by atomic mass is 10.0. The molecule has 1 aromatic carbocycles. The number of rotatable bonds is 3. The molecule has 0 aliphatic heterocycles. The molecule has 0 amide bonds. The van der Waals surface area contributed by atoms with Gasteiger partial charge in [-0.25, -0.2) is 0 Å². The standard InChI is InChI=1S/C13H12N2O2/c1-16-12-4-3-9(5-13(12)17-2)11-8-15-7-10(11)6-14/h3-5,7-8,15H,1-2H3. The lowest BCUT2D eigenvalue weighted by Gasteiger charge is -2.08. The van der Waals surface area contributed by atoms with Gasteiger partial charge in [0, 0.05) is 18.0 Å². The van der Waals surface area contributed by atoms with Crippen molar-refractivity contribution in [2.24, 2.45) is 0 Å². The van der Waals surface area contributed by atoms with Crippen LogP contribution in [0.4, 0.5) is 0 Å². The summed E-state index contributed by atoms with van der Waals surface area (Å²) in [5, 5.41) is 8.97. The van der Waals surface area contributed by atoms with Crippen molar-refractivity contribution < 1.29 is 9.47 Å². The summed E-state index contributed by atoms with van der Waals surface area (Å²) in [4.78, 5) is 2.92. The quantitative estimate of drug-likeness (QED) is 0.878. The van der Waals surface area contributed by atoms with Gasteiger partial charge in [0.15, 0.2) is 11.5 Å². The third-order valence-electron chi connectivity index (χ3n) is 2.56. The summed E-state index contributed by atoms with van der Waals surface area (Å²) in [6.07, 6.45) is 3.46. The predicted molar refractivity (Wildman–Crippen MR) is 64.0 cm³/mol. The van der Waals surface area contributed by atoms with Crippen LogP contribution in [0.5, 0.6) is 11.5 Å². The molecule has 2 aromatic rings. The molecule has 0 radical (unpaired) electrons. The number of aromatic amines is 1. The molecule has 1 N–H and O–H groups in total. The molecular formula is C13H12N2O2. The van der Waals surface area contributed by atoms with Gasteiger partial charge in [-0.2, -0.15) is 5.26 Å². The molecule has 0 bridgehead atoms. The van der Waals surface area contributed by atoms with E-state index >= 15 is 0 Å². The van der Waals surface area contributed by atoms with E-state index in [-0.39, 0.29) is 0 Å². The van der Waals surface area contributed by atoms with Crippen molar-refractivity contribution in [1.29, 1.82) is 5.26 Å². The summed E-state index contributed by atoms with van der Waals surface area (Å²) in [7, 11) is 3.18. The van der Waals surface area contributed by atoms with E-state index in [4.69, 9.17) is 14.7 Å². The first kappa shape index (κ1) is 11.1. The highest BCUT2D eigenvalue weighted by atomic mass is 16.5. The number of nitrogens with one attached hydrogen (secondary N) is 1. The molecule has 1 heterocycles. The highest BCUT2D eigenvalue weighted by Gasteiger charge is 2.09. The van der Waals surface area contributed by atoms with Crippen LogP contribution < -0.4 is 9.47 Å². The molecule has 1 aromatic heterocycles. The van der Waals surface area contributed by atoms with E-state index in [2.05, 4.69) is 11.1 Å². The van der Waals surface area contributed by atoms with Crippen LogP contribution in [-0.2, 0) is 0 Å². The van der Waals surface area contributed by atoms with E-state index in [0.29, 0.717) is 17.1 Å². The molecule has 0 aliphatic rings. The Morgan fingerprint density at radius 1 is 1.12 bits per heavy atom. The Bertz CT molecular complexity index is 567. The molecule has 0 aliphatic carbocycles. The Morgan fingerprint density at radius 2 is 1.88 bits per heavy atom. The number of ether oxygens (including phenoxy) is 2. The monoisotopic (exact) mass is 228 g/mol. The van der Waals surface area contributed by atoms with Gasteiger partial charge in [-0.1, -0.05) is 6.07 Å². The molecule has 0 atom stereocenters. The van der Waals surface area contributed by atoms with E-state index in [1.165, 1.54) is 0 Å². The molecule has 0 saturated carbocycles. The topological polar surface area (TPSA) is 58.0 Å². The second-order valence-electron chi connectivity index (χ2n) is 3.46. The van der Waals surface area contributed by atoms with Crippen LogP contribution >= 0.6 is 0 Å². The maximum atomic E-state index is 8.97. The Morgan fingerprint density at radius 3 is 2.53 bits per heavy atom. The molecular weight excluding hydrogens is 216 g/mol. The largest absolute Gasteiger partial charge is 0.493 e. The van der Waals surface area contributed by atoms with Crippen LogP contribution in [0.1, 0.15) is 5.56 Å². The van der Waals surface area contributed by atoms with Crippen molar-refractivity contribution in [2.75, 3.05) is 14.2 Å². The highest BCUT2D eigenvalue weighted by Crippen LogP contribution is 2.33. The first-order chi connectivity index (χ1) is 8.30. The van der Waals surface area contributed by atoms with Gasteiger partial charge in [0.05, 0.1) is 19.8 Å². The Hall–Kier alpha value is -2.41. The fraction of sp³-hybridized carbons (Fsp3) is 0.154. The van der Waals surface area contributed by atoms with Gasteiger partial charge >= 0.3 is 0 Å². The normalized spacial score (nSPS) is 9.71. The van der Waals surface area contributed by atoms with E-state index < -0.39 is 0 Å². The first-order valence-electron chi connectivity index (χ1n) is 5.09. The van der Waals surface area contributed by atoms with Crippen LogP contribution in [0.3, 0.4) is 0 Å². The average molecular weight is 228 g/mol. The fourth-order valence-corrected chi connectivity index (χ4v) is 1.70. The second-order valence-corrected chi connectivity index (χ2v) is 3.46. The number of hydrogen-bond acceptors (Lipinski definition) is 3. The number of H-pyrrole nitrogens is 1. The summed E-state index contributed by atoms with van der Waals surface area (Å²) >= 11 is 0. The summed E-state index contributed by atoms with van der Waals surface area (Å²) in [6, 6.07) is 7.70. The molecule has 0 spiro atoms. The molecule has 17 heavy (non-hydrogen) atoms. The molecule has 0 fully saturated rings. The second kappa shape index (κ2) is 4.62. The van der Waals surface area contributed by atoms with E-state index in [1.807, 2.05) is 18.2 Å². The van der Waals surface area contributed by atoms with Crippen LogP contribution in [0.2, 0.25) is 0 Å². The highest BCUT2D eigenvalue weighted by molar-refractivity contribution is 5.72. The number of nitrogens with zero attached hydrogens (tertiary/aromatic N) is 1. The van der Waals surface area contributed by atoms with Crippen molar-refractivity contribution >= 4 is 0 Å². The van der Waals surface area contributed by atoms with Crippen molar-refractivity contribution in [1.82, 2.24) is 4.98 Å². The van der Waals surface area contributed by atoms with Gasteiger partial charge in [0.2, 0.25) is 0 Å². The Labute approximate surface area is 99.4 Å². The maximum absolute atomic E-state index is 8.97. The molecule has 4 nitrogen and oxygen atoms in total. The third-order valence-corrected chi connectivity index (χ3v) is 2.56. The maximum Gasteiger partial charge on any atom is 0.161 e. The predicted octanol–water partition coefficient (Wildman–Crippen LogP) is 2.57. The van der Waals surface area contributed by atoms with Gasteiger partial charge in [-0.3, -0.25) is 0 Å². The van der Waals surface area contributed by atoms with Gasteiger partial charge in [-0.15, -0.1) is 0 Å². The van der Waals surface area contributed by atoms with E-state index in [9.17, 15) is 0 Å². The Balaban J connectivity index is 2.51. The molecule has 0 saturated heterocycles. The molecule has 4 heteroatoms. The van der Waals surface area contributed by atoms with Gasteiger partial charge in [0.1, 0.15) is 6.07 Å². The zero-order valence-corrected chi connectivity index (χ0v) is 9.65. The smallest absolute Gasteiger partial charge is 0.161 e. The molecule has 2 rings (SSSR count). The third kappa shape index (κ3) is 1.95. The number of benzene rings is 1. The van der Waals surface area contributed by atoms with Gasteiger partial charge in [-0.05, 0) is 17.7 Å². The van der Waals surface area contributed by atoms with Crippen molar-refractivity contribution in [3.8, 4) is 28.7 Å². The van der Waals surface area contributed by atoms with Gasteiger partial charge in [0.25, 0.3) is 0 Å². The zero-order valence-electron chi connectivity index (χ0n) is 9.65. The summed E-state index contributed by atoms with van der Waals surface area (Å²) in [5.41, 5.74) is 2.38. The van der Waals surface area contributed by atoms with E-state index in [0.717, 1.165) is 11.1 Å². The van der Waals surface area contributed by atoms with Crippen LogP contribution in [0.15, 0.2) is 30.6 Å². The minimum absolute atomic E-state index is 0.609. The van der Waals surface area contributed by atoms with Crippen LogP contribution in [0.25, 0.3) is 11.1 Å². The lowest BCUT2D eigenvalue weighted by Crippen LogP contribution is -1.90. The minimum atomic E-state index is 0.609. The zero-order chi connectivity index (χ0) is 12.3. The van der Waals surface area contributed by atoms with Crippen LogP contribution in [0, 0.1) is 11.3 Å². The van der Waals surface area contributed by atoms with Crippen molar-refractivity contribution in [2.45, 2.75) is 0 Å². The SMILES string of the molecule is COc1ccc(-c2c[nH]cc2C#N)cc1OC. The van der Waals surface area contributed by atoms with Crippen LogP contribution in [-0.4, -0.2) is 19.2 Å². The van der Waals surface area contributed by atoms with Crippen molar-refractivity contribution in [3.63, 3.8) is 0 Å². The molecule has 0 unspecified atom stereocenters. The number of methoxy groups -OCH3 is 2. The Kier molecular flexibility index (Phi) is 3.01. The van der Waals surface area contributed by atoms with Crippen molar-refractivity contribution in [3.05, 3.63) is 36.2 Å². The lowest BCUT2D eigenvalue weighted by molar-refractivity contribution is 0.355. The summed E-state index contributed by atoms with van der Waals surface area (Å²) in [6.45, 7) is 0. The average Bonchev–Trinajstić information content (AvgIpc) is 2.86. The summed E-state index contributed by atoms with van der Waals surface area (Å²) in [5.74, 6) is 1.32. The first-order valence-corrected chi connectivity index (χ1v) is 5.09. The van der Waals surface area contributed by atoms with E-state index in [1.54, 1.807) is 26.6 Å². The molecule has 86 valence electrons. The summed E-state index contributed by atoms with van der Waals surface area (Å²) < 4.78 is 10.4. The minimum Gasteiger partial charge on any atom is -0.493 e. The number of nitriles is 1. The number of aromatic nitrogens is 1. The van der Waals surface area contributed by atoms with Gasteiger partial charge < -0.3 is 14.5 Å².